The lowest BCUT2D eigenvalue weighted by Crippen LogP contribution is -2.53. The molecule has 10 nitrogen and oxygen atoms in total. The van der Waals surface area contributed by atoms with Crippen LogP contribution >= 0.6 is 0 Å². The van der Waals surface area contributed by atoms with Gasteiger partial charge in [0.2, 0.25) is 6.41 Å². The van der Waals surface area contributed by atoms with Gasteiger partial charge >= 0.3 is 5.97 Å². The summed E-state index contributed by atoms with van der Waals surface area (Å²) in [5.41, 5.74) is 4.71. The van der Waals surface area contributed by atoms with Crippen molar-refractivity contribution >= 4 is 34.9 Å². The second-order valence-electron chi connectivity index (χ2n) is 11.2. The number of nitrogens with one attached hydrogen (secondary N) is 3. The molecule has 0 atom stereocenters. The van der Waals surface area contributed by atoms with Gasteiger partial charge in [0.05, 0.1) is 29.4 Å². The Morgan fingerprint density at radius 3 is 2.56 bits per heavy atom. The number of fused-ring (bicyclic) bond motifs is 1. The van der Waals surface area contributed by atoms with E-state index in [-0.39, 0.29) is 30.1 Å². The number of carbonyl (C=O) groups excluding carboxylic acids is 3. The first-order valence-corrected chi connectivity index (χ1v) is 13.1. The van der Waals surface area contributed by atoms with Crippen LogP contribution in [0.25, 0.3) is 16.6 Å². The number of carbonyl (C=O) groups is 3. The molecule has 3 rings (SSSR count). The highest BCUT2D eigenvalue weighted by molar-refractivity contribution is 6.06. The molecule has 0 aliphatic carbocycles. The van der Waals surface area contributed by atoms with Crippen LogP contribution in [-0.2, 0) is 20.9 Å². The number of rotatable bonds is 10. The van der Waals surface area contributed by atoms with E-state index in [9.17, 15) is 14.4 Å². The zero-order chi connectivity index (χ0) is 29.0. The molecule has 0 fully saturated rings. The molecule has 0 bridgehead atoms. The van der Waals surface area contributed by atoms with Gasteiger partial charge in [-0.2, -0.15) is 5.10 Å². The summed E-state index contributed by atoms with van der Waals surface area (Å²) in [6.07, 6.45) is 6.90. The first-order valence-electron chi connectivity index (χ1n) is 13.1. The fraction of sp³-hybridized carbons (Fsp3) is 0.483. The summed E-state index contributed by atoms with van der Waals surface area (Å²) < 4.78 is 6.59. The van der Waals surface area contributed by atoms with Gasteiger partial charge in [0.1, 0.15) is 6.54 Å². The van der Waals surface area contributed by atoms with Crippen molar-refractivity contribution in [1.82, 2.24) is 30.7 Å². The third kappa shape index (κ3) is 7.63. The van der Waals surface area contributed by atoms with Crippen LogP contribution in [0.1, 0.15) is 77.9 Å². The maximum atomic E-state index is 13.5. The number of nitrogens with zero attached hydrogens (tertiary/aromatic N) is 3. The van der Waals surface area contributed by atoms with Gasteiger partial charge in [-0.15, -0.1) is 0 Å². The number of amides is 2. The maximum absolute atomic E-state index is 13.5. The molecule has 0 saturated carbocycles. The van der Waals surface area contributed by atoms with Gasteiger partial charge in [-0.3, -0.25) is 14.4 Å². The van der Waals surface area contributed by atoms with E-state index >= 15 is 0 Å². The minimum atomic E-state index is -0.423. The Hall–Kier alpha value is -3.79. The summed E-state index contributed by atoms with van der Waals surface area (Å²) in [6, 6.07) is 1.81. The molecule has 1 aliphatic heterocycles. The van der Waals surface area contributed by atoms with Crippen molar-refractivity contribution < 1.29 is 19.1 Å². The molecule has 2 amide bonds. The SMILES string of the molecule is CCOC(=O)Cn1ncc2c(C(=O)NC/C(C)=C(C)/C=C(/C)NC=O)cc(C3=CC(C)(C)NC(C)(C)C3)nc21. The average molecular weight is 537 g/mol. The molecule has 1 aliphatic rings. The van der Waals surface area contributed by atoms with Gasteiger partial charge in [0.15, 0.2) is 5.65 Å². The van der Waals surface area contributed by atoms with Gasteiger partial charge in [-0.05, 0) is 85.1 Å². The normalized spacial score (nSPS) is 17.2. The molecule has 0 unspecified atom stereocenters. The van der Waals surface area contributed by atoms with Gasteiger partial charge in [-0.25, -0.2) is 9.67 Å². The Morgan fingerprint density at radius 1 is 1.21 bits per heavy atom. The highest BCUT2D eigenvalue weighted by Gasteiger charge is 2.33. The smallest absolute Gasteiger partial charge is 0.327 e. The van der Waals surface area contributed by atoms with Gasteiger partial charge in [-0.1, -0.05) is 11.6 Å². The van der Waals surface area contributed by atoms with E-state index in [2.05, 4.69) is 54.8 Å². The van der Waals surface area contributed by atoms with Crippen LogP contribution in [0, 0.1) is 0 Å². The summed E-state index contributed by atoms with van der Waals surface area (Å²) in [4.78, 5) is 41.3. The number of esters is 1. The minimum absolute atomic E-state index is 0.103. The third-order valence-electron chi connectivity index (χ3n) is 6.50. The summed E-state index contributed by atoms with van der Waals surface area (Å²) >= 11 is 0. The van der Waals surface area contributed by atoms with Gasteiger partial charge in [0, 0.05) is 23.3 Å². The minimum Gasteiger partial charge on any atom is -0.465 e. The average Bonchev–Trinajstić information content (AvgIpc) is 3.22. The monoisotopic (exact) mass is 536 g/mol. The quantitative estimate of drug-likeness (QED) is 0.240. The molecule has 210 valence electrons. The zero-order valence-electron chi connectivity index (χ0n) is 24.2. The maximum Gasteiger partial charge on any atom is 0.327 e. The van der Waals surface area contributed by atoms with Crippen LogP contribution in [-0.4, -0.2) is 57.3 Å². The molecule has 2 aromatic rings. The van der Waals surface area contributed by atoms with Crippen molar-refractivity contribution in [2.75, 3.05) is 13.2 Å². The Morgan fingerprint density at radius 2 is 1.92 bits per heavy atom. The van der Waals surface area contributed by atoms with Gasteiger partial charge < -0.3 is 20.7 Å². The summed E-state index contributed by atoms with van der Waals surface area (Å²) in [5.74, 6) is -0.695. The van der Waals surface area contributed by atoms with Crippen LogP contribution in [0.5, 0.6) is 0 Å². The predicted octanol–water partition coefficient (Wildman–Crippen LogP) is 3.64. The van der Waals surface area contributed by atoms with Crippen molar-refractivity contribution in [3.8, 4) is 0 Å². The topological polar surface area (TPSA) is 127 Å². The molecule has 3 N–H and O–H groups in total. The number of aromatic nitrogens is 3. The largest absolute Gasteiger partial charge is 0.465 e. The molecule has 2 aromatic heterocycles. The van der Waals surface area contributed by atoms with Crippen molar-refractivity contribution in [2.24, 2.45) is 0 Å². The van der Waals surface area contributed by atoms with Crippen molar-refractivity contribution in [3.05, 3.63) is 52.5 Å². The molecule has 10 heteroatoms. The van der Waals surface area contributed by atoms with Crippen molar-refractivity contribution in [3.63, 3.8) is 0 Å². The van der Waals surface area contributed by atoms with Crippen LogP contribution in [0.3, 0.4) is 0 Å². The van der Waals surface area contributed by atoms with E-state index in [4.69, 9.17) is 9.72 Å². The van der Waals surface area contributed by atoms with E-state index in [0.29, 0.717) is 47.4 Å². The lowest BCUT2D eigenvalue weighted by atomic mass is 9.82. The Bertz CT molecular complexity index is 1360. The Kier molecular flexibility index (Phi) is 9.11. The van der Waals surface area contributed by atoms with Crippen molar-refractivity contribution in [1.29, 1.82) is 0 Å². The number of hydrogen-bond acceptors (Lipinski definition) is 7. The van der Waals surface area contributed by atoms with E-state index in [0.717, 1.165) is 16.7 Å². The molecule has 0 radical (unpaired) electrons. The lowest BCUT2D eigenvalue weighted by molar-refractivity contribution is -0.143. The third-order valence-corrected chi connectivity index (χ3v) is 6.50. The molecule has 0 saturated heterocycles. The summed E-state index contributed by atoms with van der Waals surface area (Å²) in [5, 5.41) is 14.2. The Labute approximate surface area is 230 Å². The molecular formula is C29H40N6O4. The predicted molar refractivity (Wildman–Crippen MR) is 152 cm³/mol. The molecule has 0 aromatic carbocycles. The van der Waals surface area contributed by atoms with Crippen LogP contribution in [0.2, 0.25) is 0 Å². The number of allylic oxidation sites excluding steroid dienone is 3. The standard InChI is InChI=1S/C29H40N6O4/c1-9-39-25(37)16-35-26-23(15-32-35)22(27(38)30-14-19(3)18(2)10-20(4)31-17-36)11-24(33-26)21-12-28(5,6)34-29(7,8)13-21/h10-12,15,17,34H,9,13-14,16H2,1-8H3,(H,30,38)(H,31,36)/b19-18+,20-10-. The number of ether oxygens (including phenoxy) is 1. The molecule has 39 heavy (non-hydrogen) atoms. The van der Waals surface area contributed by atoms with Crippen molar-refractivity contribution in [2.45, 2.75) is 79.4 Å². The zero-order valence-corrected chi connectivity index (χ0v) is 24.2. The first kappa shape index (κ1) is 29.8. The second kappa shape index (κ2) is 11.9. The molecule has 0 spiro atoms. The van der Waals surface area contributed by atoms with E-state index in [1.165, 1.54) is 4.68 Å². The highest BCUT2D eigenvalue weighted by atomic mass is 16.5. The second-order valence-corrected chi connectivity index (χ2v) is 11.2. The number of hydrogen-bond donors (Lipinski definition) is 3. The highest BCUT2D eigenvalue weighted by Crippen LogP contribution is 2.34. The molecular weight excluding hydrogens is 496 g/mol. The molecule has 3 heterocycles. The Balaban J connectivity index is 2.04. The fourth-order valence-corrected chi connectivity index (χ4v) is 4.95. The summed E-state index contributed by atoms with van der Waals surface area (Å²) in [6.45, 7) is 16.3. The van der Waals surface area contributed by atoms with Crippen LogP contribution < -0.4 is 16.0 Å². The lowest BCUT2D eigenvalue weighted by Gasteiger charge is -2.41. The van der Waals surface area contributed by atoms with E-state index < -0.39 is 5.97 Å². The first-order chi connectivity index (χ1) is 18.2. The van der Waals surface area contributed by atoms with E-state index in [1.54, 1.807) is 26.1 Å². The number of pyridine rings is 1. The van der Waals surface area contributed by atoms with Gasteiger partial charge in [0.25, 0.3) is 5.91 Å². The van der Waals surface area contributed by atoms with E-state index in [1.807, 2.05) is 19.9 Å². The van der Waals surface area contributed by atoms with Crippen LogP contribution in [0.4, 0.5) is 0 Å². The summed E-state index contributed by atoms with van der Waals surface area (Å²) in [7, 11) is 0. The van der Waals surface area contributed by atoms with Crippen LogP contribution in [0.15, 0.2) is 41.3 Å². The fourth-order valence-electron chi connectivity index (χ4n) is 4.95.